The average molecular weight is 418 g/mol. The maximum Gasteiger partial charge on any atom is 0.345 e. The van der Waals surface area contributed by atoms with Gasteiger partial charge in [-0.25, -0.2) is 9.48 Å². The molecule has 30 heavy (non-hydrogen) atoms. The molecule has 1 unspecified atom stereocenters. The predicted octanol–water partition coefficient (Wildman–Crippen LogP) is 2.21. The van der Waals surface area contributed by atoms with E-state index < -0.39 is 0 Å². The molecule has 1 aromatic heterocycles. The number of carbonyl (C=O) groups excluding carboxylic acids is 1. The lowest BCUT2D eigenvalue weighted by atomic mass is 9.96. The quantitative estimate of drug-likeness (QED) is 0.715. The molecule has 0 N–H and O–H groups in total. The first-order valence-corrected chi connectivity index (χ1v) is 10.1. The van der Waals surface area contributed by atoms with Gasteiger partial charge in [-0.1, -0.05) is 0 Å². The van der Waals surface area contributed by atoms with Crippen LogP contribution in [0.15, 0.2) is 16.9 Å². The second kappa shape index (κ2) is 8.81. The Morgan fingerprint density at radius 1 is 1.13 bits per heavy atom. The number of carbonyl (C=O) groups is 1. The van der Waals surface area contributed by atoms with Crippen LogP contribution in [0.2, 0.25) is 0 Å². The van der Waals surface area contributed by atoms with E-state index in [2.05, 4.69) is 5.10 Å². The van der Waals surface area contributed by atoms with Crippen LogP contribution in [0.1, 0.15) is 54.8 Å². The fraction of sp³-hybridized carbons (Fsp3) is 0.571. The third kappa shape index (κ3) is 3.76. The largest absolute Gasteiger partial charge is 0.493 e. The zero-order valence-corrected chi connectivity index (χ0v) is 18.5. The zero-order chi connectivity index (χ0) is 22.0. The van der Waals surface area contributed by atoms with Crippen LogP contribution < -0.4 is 19.9 Å². The molecule has 1 fully saturated rings. The van der Waals surface area contributed by atoms with Gasteiger partial charge in [0.25, 0.3) is 5.91 Å². The van der Waals surface area contributed by atoms with Crippen LogP contribution in [0.25, 0.3) is 0 Å². The van der Waals surface area contributed by atoms with Gasteiger partial charge in [-0.05, 0) is 38.8 Å². The highest BCUT2D eigenvalue weighted by Crippen LogP contribution is 2.40. The summed E-state index contributed by atoms with van der Waals surface area (Å²) in [5.74, 6) is 1.81. The summed E-state index contributed by atoms with van der Waals surface area (Å²) in [4.78, 5) is 27.6. The van der Waals surface area contributed by atoms with Gasteiger partial charge in [0.1, 0.15) is 5.82 Å². The number of piperidine rings is 1. The van der Waals surface area contributed by atoms with Crippen LogP contribution in [-0.4, -0.2) is 59.6 Å². The van der Waals surface area contributed by atoms with Crippen LogP contribution in [0.3, 0.4) is 0 Å². The molecular weight excluding hydrogens is 388 g/mol. The Kier molecular flexibility index (Phi) is 6.38. The number of hydrogen-bond donors (Lipinski definition) is 0. The van der Waals surface area contributed by atoms with Crippen LogP contribution in [-0.2, 0) is 7.05 Å². The molecule has 0 radical (unpaired) electrons. The van der Waals surface area contributed by atoms with Crippen molar-refractivity contribution in [2.45, 2.75) is 38.6 Å². The summed E-state index contributed by atoms with van der Waals surface area (Å²) in [6.07, 6.45) is 1.70. The van der Waals surface area contributed by atoms with E-state index in [0.717, 1.165) is 18.7 Å². The van der Waals surface area contributed by atoms with Gasteiger partial charge in [0.2, 0.25) is 5.75 Å². The minimum Gasteiger partial charge on any atom is -0.493 e. The molecule has 2 heterocycles. The standard InChI is InChI=1S/C21H30N4O5/c1-13(2)25-19(22-23(3)21(25)27)14-8-7-11-24(12-14)20(26)15-9-10-16(28-4)18(30-6)17(15)29-5/h9-10,13-14H,7-8,11-12H2,1-6H3. The molecule has 0 spiro atoms. The number of aromatic nitrogens is 3. The number of hydrogen-bond acceptors (Lipinski definition) is 6. The second-order valence-corrected chi connectivity index (χ2v) is 7.70. The van der Waals surface area contributed by atoms with Crippen molar-refractivity contribution in [3.05, 3.63) is 34.0 Å². The van der Waals surface area contributed by atoms with Gasteiger partial charge >= 0.3 is 5.69 Å². The molecule has 2 aromatic rings. The van der Waals surface area contributed by atoms with Gasteiger partial charge in [0.15, 0.2) is 11.5 Å². The smallest absolute Gasteiger partial charge is 0.345 e. The maximum absolute atomic E-state index is 13.4. The topological polar surface area (TPSA) is 87.8 Å². The first-order chi connectivity index (χ1) is 14.3. The Morgan fingerprint density at radius 2 is 1.83 bits per heavy atom. The predicted molar refractivity (Wildman–Crippen MR) is 112 cm³/mol. The Bertz CT molecular complexity index is 979. The first-order valence-electron chi connectivity index (χ1n) is 10.1. The second-order valence-electron chi connectivity index (χ2n) is 7.70. The van der Waals surface area contributed by atoms with Gasteiger partial charge in [-0.3, -0.25) is 9.36 Å². The minimum absolute atomic E-state index is 0.00165. The van der Waals surface area contributed by atoms with E-state index in [4.69, 9.17) is 14.2 Å². The summed E-state index contributed by atoms with van der Waals surface area (Å²) >= 11 is 0. The van der Waals surface area contributed by atoms with Crippen molar-refractivity contribution >= 4 is 5.91 Å². The molecule has 9 nitrogen and oxygen atoms in total. The Hall–Kier alpha value is -2.97. The van der Waals surface area contributed by atoms with Crippen molar-refractivity contribution in [2.75, 3.05) is 34.4 Å². The highest BCUT2D eigenvalue weighted by molar-refractivity contribution is 5.98. The molecular formula is C21H30N4O5. The number of amides is 1. The van der Waals surface area contributed by atoms with Gasteiger partial charge in [-0.15, -0.1) is 0 Å². The number of likely N-dealkylation sites (tertiary alicyclic amines) is 1. The van der Waals surface area contributed by atoms with Crippen molar-refractivity contribution in [1.29, 1.82) is 0 Å². The highest BCUT2D eigenvalue weighted by atomic mass is 16.5. The molecule has 1 amide bonds. The Balaban J connectivity index is 1.93. The van der Waals surface area contributed by atoms with Gasteiger partial charge in [0, 0.05) is 32.1 Å². The normalized spacial score (nSPS) is 16.6. The van der Waals surface area contributed by atoms with E-state index in [9.17, 15) is 9.59 Å². The molecule has 1 atom stereocenters. The number of methoxy groups -OCH3 is 3. The fourth-order valence-corrected chi connectivity index (χ4v) is 4.07. The first kappa shape index (κ1) is 21.7. The number of aryl methyl sites for hydroxylation is 1. The van der Waals surface area contributed by atoms with Crippen molar-refractivity contribution in [3.63, 3.8) is 0 Å². The number of nitrogens with zero attached hydrogens (tertiary/aromatic N) is 4. The van der Waals surface area contributed by atoms with Crippen LogP contribution in [0.4, 0.5) is 0 Å². The monoisotopic (exact) mass is 418 g/mol. The van der Waals surface area contributed by atoms with Gasteiger partial charge < -0.3 is 19.1 Å². The van der Waals surface area contributed by atoms with Crippen molar-refractivity contribution in [3.8, 4) is 17.2 Å². The van der Waals surface area contributed by atoms with Crippen LogP contribution in [0, 0.1) is 0 Å². The van der Waals surface area contributed by atoms with Crippen molar-refractivity contribution < 1.29 is 19.0 Å². The molecule has 1 aliphatic heterocycles. The van der Waals surface area contributed by atoms with Crippen molar-refractivity contribution in [1.82, 2.24) is 19.2 Å². The maximum atomic E-state index is 13.4. The summed E-state index contributed by atoms with van der Waals surface area (Å²) in [6, 6.07) is 3.39. The van der Waals surface area contributed by atoms with E-state index in [-0.39, 0.29) is 23.6 Å². The third-order valence-corrected chi connectivity index (χ3v) is 5.51. The number of ether oxygens (including phenoxy) is 3. The lowest BCUT2D eigenvalue weighted by Gasteiger charge is -2.33. The van der Waals surface area contributed by atoms with Crippen LogP contribution >= 0.6 is 0 Å². The zero-order valence-electron chi connectivity index (χ0n) is 18.5. The molecule has 0 aliphatic carbocycles. The van der Waals surface area contributed by atoms with E-state index in [1.54, 1.807) is 28.6 Å². The van der Waals surface area contributed by atoms with E-state index in [0.29, 0.717) is 35.9 Å². The number of benzene rings is 1. The molecule has 3 rings (SSSR count). The molecule has 1 aliphatic rings. The summed E-state index contributed by atoms with van der Waals surface area (Å²) in [5, 5.41) is 4.47. The lowest BCUT2D eigenvalue weighted by molar-refractivity contribution is 0.0698. The molecule has 164 valence electrons. The molecule has 0 bridgehead atoms. The fourth-order valence-electron chi connectivity index (χ4n) is 4.07. The number of rotatable bonds is 6. The van der Waals surface area contributed by atoms with E-state index >= 15 is 0 Å². The lowest BCUT2D eigenvalue weighted by Crippen LogP contribution is -2.40. The van der Waals surface area contributed by atoms with Gasteiger partial charge in [-0.2, -0.15) is 5.10 Å². The summed E-state index contributed by atoms with van der Waals surface area (Å²) < 4.78 is 19.3. The van der Waals surface area contributed by atoms with Crippen LogP contribution in [0.5, 0.6) is 17.2 Å². The summed E-state index contributed by atoms with van der Waals surface area (Å²) in [6.45, 7) is 5.05. The highest BCUT2D eigenvalue weighted by Gasteiger charge is 2.32. The van der Waals surface area contributed by atoms with E-state index in [1.807, 2.05) is 13.8 Å². The average Bonchev–Trinajstić information content (AvgIpc) is 3.06. The SMILES string of the molecule is COc1ccc(C(=O)N2CCCC(c3nn(C)c(=O)n3C(C)C)C2)c(OC)c1OC. The third-order valence-electron chi connectivity index (χ3n) is 5.51. The molecule has 1 saturated heterocycles. The summed E-state index contributed by atoms with van der Waals surface area (Å²) in [5.41, 5.74) is 0.281. The molecule has 9 heteroatoms. The summed E-state index contributed by atoms with van der Waals surface area (Å²) in [7, 11) is 6.21. The Labute approximate surface area is 176 Å². The minimum atomic E-state index is -0.146. The molecule has 1 aromatic carbocycles. The van der Waals surface area contributed by atoms with Crippen molar-refractivity contribution in [2.24, 2.45) is 7.05 Å². The Morgan fingerprint density at radius 3 is 2.43 bits per heavy atom. The van der Waals surface area contributed by atoms with E-state index in [1.165, 1.54) is 26.0 Å². The molecule has 0 saturated carbocycles. The van der Waals surface area contributed by atoms with Gasteiger partial charge in [0.05, 0.1) is 26.9 Å².